The van der Waals surface area contributed by atoms with E-state index < -0.39 is 0 Å². The molecule has 6 nitrogen and oxygen atoms in total. The molecule has 6 heteroatoms. The SMILES string of the molecule is COc1cc([C@H]2c3cc(O)c(OC)cc3[C@@H]3COC[C@H]2[C@H]3CO)ccc1O. The van der Waals surface area contributed by atoms with E-state index in [9.17, 15) is 15.3 Å². The minimum atomic E-state index is -0.0972. The number of fused-ring (bicyclic) bond motifs is 4. The highest BCUT2D eigenvalue weighted by Gasteiger charge is 2.46. The quantitative estimate of drug-likeness (QED) is 0.765. The number of phenolic OH excluding ortho intramolecular Hbond substituents is 2. The van der Waals surface area contributed by atoms with E-state index in [0.717, 1.165) is 16.7 Å². The van der Waals surface area contributed by atoms with Crippen LogP contribution < -0.4 is 9.47 Å². The van der Waals surface area contributed by atoms with E-state index in [1.807, 2.05) is 18.2 Å². The summed E-state index contributed by atoms with van der Waals surface area (Å²) in [6, 6.07) is 8.90. The van der Waals surface area contributed by atoms with Gasteiger partial charge < -0.3 is 29.5 Å². The van der Waals surface area contributed by atoms with Crippen molar-refractivity contribution in [1.29, 1.82) is 0 Å². The molecule has 1 aliphatic heterocycles. The van der Waals surface area contributed by atoms with Crippen LogP contribution in [0.15, 0.2) is 30.3 Å². The predicted molar refractivity (Wildman–Crippen MR) is 98.8 cm³/mol. The maximum absolute atomic E-state index is 10.4. The van der Waals surface area contributed by atoms with Gasteiger partial charge in [0.05, 0.1) is 27.4 Å². The highest BCUT2D eigenvalue weighted by molar-refractivity contribution is 5.55. The zero-order chi connectivity index (χ0) is 19.1. The van der Waals surface area contributed by atoms with Gasteiger partial charge in [0.25, 0.3) is 0 Å². The van der Waals surface area contributed by atoms with Gasteiger partial charge in [0.15, 0.2) is 23.0 Å². The number of aromatic hydroxyl groups is 2. The summed E-state index contributed by atoms with van der Waals surface area (Å²) < 4.78 is 16.5. The number of rotatable bonds is 4. The second-order valence-corrected chi connectivity index (χ2v) is 7.22. The van der Waals surface area contributed by atoms with E-state index >= 15 is 0 Å². The number of phenols is 2. The number of hydrogen-bond acceptors (Lipinski definition) is 6. The molecule has 1 heterocycles. The molecule has 2 bridgehead atoms. The maximum Gasteiger partial charge on any atom is 0.160 e. The second-order valence-electron chi connectivity index (χ2n) is 7.22. The van der Waals surface area contributed by atoms with Crippen LogP contribution in [0.2, 0.25) is 0 Å². The molecule has 0 aromatic heterocycles. The summed E-state index contributed by atoms with van der Waals surface area (Å²) in [5, 5.41) is 30.5. The summed E-state index contributed by atoms with van der Waals surface area (Å²) in [4.78, 5) is 0. The number of benzene rings is 2. The third kappa shape index (κ3) is 2.80. The van der Waals surface area contributed by atoms with Gasteiger partial charge >= 0.3 is 0 Å². The van der Waals surface area contributed by atoms with Gasteiger partial charge in [-0.1, -0.05) is 6.07 Å². The summed E-state index contributed by atoms with van der Waals surface area (Å²) in [7, 11) is 3.04. The van der Waals surface area contributed by atoms with Gasteiger partial charge in [-0.25, -0.2) is 0 Å². The monoisotopic (exact) mass is 372 g/mol. The van der Waals surface area contributed by atoms with Crippen LogP contribution in [0.3, 0.4) is 0 Å². The van der Waals surface area contributed by atoms with Crippen LogP contribution in [0.5, 0.6) is 23.0 Å². The molecule has 0 amide bonds. The average Bonchev–Trinajstić information content (AvgIpc) is 2.68. The first-order chi connectivity index (χ1) is 13.1. The smallest absolute Gasteiger partial charge is 0.160 e. The molecule has 0 unspecified atom stereocenters. The van der Waals surface area contributed by atoms with Gasteiger partial charge in [-0.05, 0) is 52.8 Å². The van der Waals surface area contributed by atoms with Crippen molar-refractivity contribution in [2.45, 2.75) is 11.8 Å². The number of hydrogen-bond donors (Lipinski definition) is 3. The van der Waals surface area contributed by atoms with Crippen LogP contribution in [0.1, 0.15) is 28.5 Å². The third-order valence-corrected chi connectivity index (χ3v) is 6.00. The Balaban J connectivity index is 1.93. The summed E-state index contributed by atoms with van der Waals surface area (Å²) in [5.74, 6) is 1.03. The Morgan fingerprint density at radius 1 is 0.963 bits per heavy atom. The lowest BCUT2D eigenvalue weighted by molar-refractivity contribution is -0.0349. The fraction of sp³-hybridized carbons (Fsp3) is 0.429. The van der Waals surface area contributed by atoms with E-state index in [0.29, 0.717) is 24.7 Å². The minimum absolute atomic E-state index is 0.0466. The van der Waals surface area contributed by atoms with E-state index in [1.54, 1.807) is 12.1 Å². The van der Waals surface area contributed by atoms with Crippen molar-refractivity contribution in [2.24, 2.45) is 11.8 Å². The highest BCUT2D eigenvalue weighted by atomic mass is 16.5. The van der Waals surface area contributed by atoms with Crippen LogP contribution in [-0.2, 0) is 4.74 Å². The van der Waals surface area contributed by atoms with Crippen molar-refractivity contribution in [3.63, 3.8) is 0 Å². The van der Waals surface area contributed by atoms with Gasteiger partial charge in [0.2, 0.25) is 0 Å². The molecule has 3 N–H and O–H groups in total. The van der Waals surface area contributed by atoms with Crippen molar-refractivity contribution in [3.05, 3.63) is 47.0 Å². The third-order valence-electron chi connectivity index (χ3n) is 6.00. The molecule has 0 saturated carbocycles. The number of aliphatic hydroxyl groups excluding tert-OH is 1. The molecule has 4 rings (SSSR count). The van der Waals surface area contributed by atoms with Crippen LogP contribution in [0.25, 0.3) is 0 Å². The van der Waals surface area contributed by atoms with E-state index in [2.05, 4.69) is 0 Å². The van der Waals surface area contributed by atoms with Gasteiger partial charge in [-0.15, -0.1) is 0 Å². The molecule has 144 valence electrons. The van der Waals surface area contributed by atoms with Gasteiger partial charge in [0, 0.05) is 18.4 Å². The first kappa shape index (κ1) is 17.9. The Hall–Kier alpha value is -2.44. The van der Waals surface area contributed by atoms with Crippen molar-refractivity contribution < 1.29 is 29.5 Å². The molecule has 0 spiro atoms. The minimum Gasteiger partial charge on any atom is -0.504 e. The largest absolute Gasteiger partial charge is 0.504 e. The zero-order valence-corrected chi connectivity index (χ0v) is 15.4. The highest BCUT2D eigenvalue weighted by Crippen LogP contribution is 2.54. The number of ether oxygens (including phenoxy) is 3. The Labute approximate surface area is 157 Å². The zero-order valence-electron chi connectivity index (χ0n) is 15.4. The molecule has 1 fully saturated rings. The van der Waals surface area contributed by atoms with Crippen molar-refractivity contribution >= 4 is 0 Å². The summed E-state index contributed by atoms with van der Waals surface area (Å²) in [6.07, 6.45) is 0. The Morgan fingerprint density at radius 2 is 1.70 bits per heavy atom. The topological polar surface area (TPSA) is 88.4 Å². The molecule has 2 aromatic carbocycles. The Morgan fingerprint density at radius 3 is 2.41 bits per heavy atom. The first-order valence-corrected chi connectivity index (χ1v) is 9.05. The summed E-state index contributed by atoms with van der Waals surface area (Å²) in [6.45, 7) is 1.13. The summed E-state index contributed by atoms with van der Waals surface area (Å²) in [5.41, 5.74) is 2.98. The Kier molecular flexibility index (Phi) is 4.61. The Bertz CT molecular complexity index is 849. The van der Waals surface area contributed by atoms with Crippen LogP contribution >= 0.6 is 0 Å². The summed E-state index contributed by atoms with van der Waals surface area (Å²) >= 11 is 0. The molecule has 4 atom stereocenters. The van der Waals surface area contributed by atoms with Gasteiger partial charge in [0.1, 0.15) is 0 Å². The lowest BCUT2D eigenvalue weighted by Crippen LogP contribution is -2.44. The molecular formula is C21H24O6. The van der Waals surface area contributed by atoms with Crippen LogP contribution in [0.4, 0.5) is 0 Å². The number of methoxy groups -OCH3 is 2. The lowest BCUT2D eigenvalue weighted by atomic mass is 9.61. The van der Waals surface area contributed by atoms with Gasteiger partial charge in [-0.2, -0.15) is 0 Å². The van der Waals surface area contributed by atoms with Crippen molar-refractivity contribution in [1.82, 2.24) is 0 Å². The molecule has 27 heavy (non-hydrogen) atoms. The first-order valence-electron chi connectivity index (χ1n) is 9.05. The molecule has 1 aliphatic carbocycles. The van der Waals surface area contributed by atoms with Crippen molar-refractivity contribution in [2.75, 3.05) is 34.0 Å². The number of aliphatic hydroxyl groups is 1. The molecular weight excluding hydrogens is 348 g/mol. The van der Waals surface area contributed by atoms with E-state index in [1.165, 1.54) is 14.2 Å². The standard InChI is InChI=1S/C21H24O6/c1-25-19-5-11(3-4-17(19)23)21-13-6-18(24)20(26-2)7-12(13)15-9-27-10-16(21)14(15)8-22/h3-7,14-16,21-24H,8-10H2,1-2H3/t14-,15-,16-,21-/m0/s1. The predicted octanol–water partition coefficient (Wildman–Crippen LogP) is 2.60. The van der Waals surface area contributed by atoms with Crippen molar-refractivity contribution in [3.8, 4) is 23.0 Å². The molecule has 2 aliphatic rings. The fourth-order valence-electron chi connectivity index (χ4n) is 4.70. The van der Waals surface area contributed by atoms with E-state index in [-0.39, 0.29) is 41.8 Å². The second kappa shape index (κ2) is 6.94. The van der Waals surface area contributed by atoms with E-state index in [4.69, 9.17) is 14.2 Å². The molecule has 0 radical (unpaired) electrons. The lowest BCUT2D eigenvalue weighted by Gasteiger charge is -2.47. The normalized spacial score (nSPS) is 26.3. The fourth-order valence-corrected chi connectivity index (χ4v) is 4.70. The average molecular weight is 372 g/mol. The molecule has 1 saturated heterocycles. The maximum atomic E-state index is 10.4. The molecule has 2 aromatic rings. The van der Waals surface area contributed by atoms with Crippen LogP contribution in [-0.4, -0.2) is 49.4 Å². The van der Waals surface area contributed by atoms with Gasteiger partial charge in [-0.3, -0.25) is 0 Å². The van der Waals surface area contributed by atoms with Crippen LogP contribution in [0, 0.1) is 11.8 Å².